The monoisotopic (exact) mass is 832 g/mol. The second-order valence-electron chi connectivity index (χ2n) is 16.2. The third-order valence-electron chi connectivity index (χ3n) is 10.5. The van der Waals surface area contributed by atoms with Gasteiger partial charge in [-0.25, -0.2) is 4.57 Å². The molecular formula is C46H90NO9P. The number of carboxylic acid groups (broad SMARTS) is 1. The summed E-state index contributed by atoms with van der Waals surface area (Å²) in [6.45, 7) is 3.91. The van der Waals surface area contributed by atoms with Crippen molar-refractivity contribution in [2.75, 3.05) is 26.4 Å². The summed E-state index contributed by atoms with van der Waals surface area (Å²) in [5.41, 5.74) is 5.36. The molecule has 0 radical (unpaired) electrons. The molecule has 57 heavy (non-hydrogen) atoms. The Bertz CT molecular complexity index is 966. The van der Waals surface area contributed by atoms with E-state index in [1.54, 1.807) is 0 Å². The molecule has 0 saturated carbocycles. The van der Waals surface area contributed by atoms with Crippen LogP contribution in [0.1, 0.15) is 232 Å². The Balaban J connectivity index is 4.10. The molecule has 338 valence electrons. The van der Waals surface area contributed by atoms with Crippen LogP contribution >= 0.6 is 7.82 Å². The predicted octanol–water partition coefficient (Wildman–Crippen LogP) is 13.3. The van der Waals surface area contributed by atoms with Crippen molar-refractivity contribution in [2.45, 2.75) is 244 Å². The van der Waals surface area contributed by atoms with Gasteiger partial charge in [0.05, 0.1) is 19.8 Å². The average molecular weight is 832 g/mol. The van der Waals surface area contributed by atoms with Gasteiger partial charge in [-0.3, -0.25) is 18.6 Å². The maximum Gasteiger partial charge on any atom is 0.472 e. The van der Waals surface area contributed by atoms with E-state index in [1.165, 1.54) is 173 Å². The van der Waals surface area contributed by atoms with Crippen molar-refractivity contribution in [1.82, 2.24) is 0 Å². The van der Waals surface area contributed by atoms with E-state index in [1.807, 2.05) is 0 Å². The van der Waals surface area contributed by atoms with Crippen LogP contribution in [0.4, 0.5) is 0 Å². The highest BCUT2D eigenvalue weighted by Gasteiger charge is 2.27. The fraction of sp³-hybridized carbons (Fsp3) is 0.913. The smallest absolute Gasteiger partial charge is 0.472 e. The second kappa shape index (κ2) is 42.8. The van der Waals surface area contributed by atoms with Crippen molar-refractivity contribution >= 4 is 19.8 Å². The number of allylic oxidation sites excluding steroid dienone is 2. The Labute approximate surface area is 350 Å². The number of phosphoric ester groups is 1. The first kappa shape index (κ1) is 55.7. The molecule has 0 aliphatic rings. The first-order valence-electron chi connectivity index (χ1n) is 23.7. The van der Waals surface area contributed by atoms with E-state index >= 15 is 0 Å². The van der Waals surface area contributed by atoms with Gasteiger partial charge in [-0.05, 0) is 38.5 Å². The molecule has 10 nitrogen and oxygen atoms in total. The Morgan fingerprint density at radius 2 is 0.912 bits per heavy atom. The zero-order chi connectivity index (χ0) is 41.9. The van der Waals surface area contributed by atoms with Crippen molar-refractivity contribution in [1.29, 1.82) is 0 Å². The van der Waals surface area contributed by atoms with Crippen LogP contribution in [0.2, 0.25) is 0 Å². The summed E-state index contributed by atoms with van der Waals surface area (Å²) in [6.07, 6.45) is 45.5. The molecule has 0 bridgehead atoms. The molecule has 0 amide bonds. The number of carbonyl (C=O) groups is 2. The molecule has 11 heteroatoms. The molecule has 0 spiro atoms. The Kier molecular flexibility index (Phi) is 41.9. The fourth-order valence-electron chi connectivity index (χ4n) is 6.84. The number of unbranched alkanes of at least 4 members (excludes halogenated alkanes) is 30. The van der Waals surface area contributed by atoms with E-state index in [2.05, 4.69) is 26.0 Å². The lowest BCUT2D eigenvalue weighted by molar-refractivity contribution is -0.154. The van der Waals surface area contributed by atoms with Gasteiger partial charge in [-0.15, -0.1) is 0 Å². The predicted molar refractivity (Wildman–Crippen MR) is 236 cm³/mol. The quantitative estimate of drug-likeness (QED) is 0.0234. The van der Waals surface area contributed by atoms with E-state index in [0.717, 1.165) is 38.5 Å². The molecule has 0 aromatic rings. The van der Waals surface area contributed by atoms with Gasteiger partial charge < -0.3 is 25.2 Å². The van der Waals surface area contributed by atoms with Gasteiger partial charge in [0.1, 0.15) is 12.1 Å². The molecule has 0 heterocycles. The van der Waals surface area contributed by atoms with E-state index in [0.29, 0.717) is 6.61 Å². The van der Waals surface area contributed by atoms with E-state index in [4.69, 9.17) is 29.4 Å². The summed E-state index contributed by atoms with van der Waals surface area (Å²) in [7, 11) is -4.61. The number of phosphoric acid groups is 1. The lowest BCUT2D eigenvalue weighted by Crippen LogP contribution is -2.34. The minimum absolute atomic E-state index is 0.0219. The molecule has 0 saturated heterocycles. The molecular weight excluding hydrogens is 741 g/mol. The maximum atomic E-state index is 12.6. The van der Waals surface area contributed by atoms with E-state index in [9.17, 15) is 19.0 Å². The van der Waals surface area contributed by atoms with Gasteiger partial charge in [-0.1, -0.05) is 199 Å². The number of ether oxygens (including phenoxy) is 2. The number of carbonyl (C=O) groups excluding carboxylic acids is 1. The molecule has 3 unspecified atom stereocenters. The highest BCUT2D eigenvalue weighted by molar-refractivity contribution is 7.47. The number of carboxylic acids is 1. The Morgan fingerprint density at radius 3 is 1.33 bits per heavy atom. The van der Waals surface area contributed by atoms with Gasteiger partial charge in [0.15, 0.2) is 0 Å². The summed E-state index contributed by atoms with van der Waals surface area (Å²) in [5, 5.41) is 8.90. The van der Waals surface area contributed by atoms with Crippen LogP contribution < -0.4 is 5.73 Å². The SMILES string of the molecule is CCCCCCCCCC/C=C\CCCCCCCCCCCCOCC(COP(=O)(O)OCC(N)C(=O)O)OC(=O)CCCCCCCCCCCCCCC. The number of aliphatic carboxylic acids is 1. The third-order valence-corrected chi connectivity index (χ3v) is 11.5. The molecule has 0 rings (SSSR count). The van der Waals surface area contributed by atoms with Crippen LogP contribution in [-0.2, 0) is 32.7 Å². The topological polar surface area (TPSA) is 155 Å². The molecule has 0 fully saturated rings. The molecule has 0 aliphatic carbocycles. The standard InChI is InChI=1S/C46H90NO9P/c1-3-5-7-9-11-13-15-17-18-19-20-21-22-23-24-25-27-29-31-33-35-37-39-53-40-43(41-54-57(51,52)55-42-44(47)46(49)50)56-45(48)38-36-34-32-30-28-26-16-14-12-10-8-6-4-2/h19-20,43-44H,3-18,21-42,47H2,1-2H3,(H,49,50)(H,51,52)/b20-19-. The molecule has 4 N–H and O–H groups in total. The van der Waals surface area contributed by atoms with Crippen molar-refractivity contribution in [3.63, 3.8) is 0 Å². The second-order valence-corrected chi connectivity index (χ2v) is 17.7. The number of rotatable bonds is 46. The number of hydrogen-bond acceptors (Lipinski definition) is 8. The van der Waals surface area contributed by atoms with E-state index < -0.39 is 45.1 Å². The minimum Gasteiger partial charge on any atom is -0.480 e. The van der Waals surface area contributed by atoms with Crippen LogP contribution in [0, 0.1) is 0 Å². The first-order chi connectivity index (χ1) is 27.7. The van der Waals surface area contributed by atoms with Gasteiger partial charge in [0, 0.05) is 13.0 Å². The highest BCUT2D eigenvalue weighted by Crippen LogP contribution is 2.43. The van der Waals surface area contributed by atoms with Gasteiger partial charge in [0.25, 0.3) is 0 Å². The van der Waals surface area contributed by atoms with Crippen molar-refractivity contribution < 1.29 is 42.7 Å². The lowest BCUT2D eigenvalue weighted by atomic mass is 10.0. The minimum atomic E-state index is -4.61. The number of esters is 1. The normalized spacial score (nSPS) is 13.9. The maximum absolute atomic E-state index is 12.6. The summed E-state index contributed by atoms with van der Waals surface area (Å²) in [5.74, 6) is -1.77. The third kappa shape index (κ3) is 42.6. The average Bonchev–Trinajstić information content (AvgIpc) is 3.19. The van der Waals surface area contributed by atoms with Crippen molar-refractivity contribution in [2.24, 2.45) is 5.73 Å². The van der Waals surface area contributed by atoms with Crippen LogP contribution in [-0.4, -0.2) is 60.5 Å². The summed E-state index contributed by atoms with van der Waals surface area (Å²) in [4.78, 5) is 33.5. The number of nitrogens with two attached hydrogens (primary N) is 1. The zero-order valence-corrected chi connectivity index (χ0v) is 37.9. The van der Waals surface area contributed by atoms with Gasteiger partial charge in [-0.2, -0.15) is 0 Å². The van der Waals surface area contributed by atoms with Crippen LogP contribution in [0.25, 0.3) is 0 Å². The summed E-state index contributed by atoms with van der Waals surface area (Å²) in [6, 6.07) is -1.47. The highest BCUT2D eigenvalue weighted by atomic mass is 31.2. The van der Waals surface area contributed by atoms with Gasteiger partial charge >= 0.3 is 19.8 Å². The van der Waals surface area contributed by atoms with Crippen molar-refractivity contribution in [3.8, 4) is 0 Å². The zero-order valence-electron chi connectivity index (χ0n) is 37.0. The molecule has 3 atom stereocenters. The first-order valence-corrected chi connectivity index (χ1v) is 25.2. The Morgan fingerprint density at radius 1 is 0.544 bits per heavy atom. The number of hydrogen-bond donors (Lipinski definition) is 3. The largest absolute Gasteiger partial charge is 0.480 e. The van der Waals surface area contributed by atoms with Crippen LogP contribution in [0.5, 0.6) is 0 Å². The summed E-state index contributed by atoms with van der Waals surface area (Å²) >= 11 is 0. The van der Waals surface area contributed by atoms with E-state index in [-0.39, 0.29) is 13.0 Å². The Hall–Kier alpha value is -1.29. The lowest BCUT2D eigenvalue weighted by Gasteiger charge is -2.20. The van der Waals surface area contributed by atoms with Crippen LogP contribution in [0.3, 0.4) is 0 Å². The van der Waals surface area contributed by atoms with Crippen molar-refractivity contribution in [3.05, 3.63) is 12.2 Å². The fourth-order valence-corrected chi connectivity index (χ4v) is 7.61. The molecule has 0 aromatic heterocycles. The van der Waals surface area contributed by atoms with Gasteiger partial charge in [0.2, 0.25) is 0 Å². The summed E-state index contributed by atoms with van der Waals surface area (Å²) < 4.78 is 33.4. The van der Waals surface area contributed by atoms with Crippen LogP contribution in [0.15, 0.2) is 12.2 Å². The molecule has 0 aliphatic heterocycles. The molecule has 0 aromatic carbocycles.